The summed E-state index contributed by atoms with van der Waals surface area (Å²) < 4.78 is 28.1. The lowest BCUT2D eigenvalue weighted by Gasteiger charge is -2.31. The highest BCUT2D eigenvalue weighted by molar-refractivity contribution is 7.89. The van der Waals surface area contributed by atoms with Crippen LogP contribution >= 0.6 is 0 Å². The monoisotopic (exact) mass is 339 g/mol. The summed E-state index contributed by atoms with van der Waals surface area (Å²) in [5, 5.41) is 2.66. The minimum absolute atomic E-state index is 0.121. The second-order valence-electron chi connectivity index (χ2n) is 6.17. The Labute approximate surface area is 137 Å². The van der Waals surface area contributed by atoms with Crippen LogP contribution in [0.25, 0.3) is 0 Å². The molecule has 0 aliphatic heterocycles. The van der Waals surface area contributed by atoms with E-state index in [1.807, 2.05) is 6.92 Å². The average Bonchev–Trinajstić information content (AvgIpc) is 2.49. The molecule has 0 bridgehead atoms. The molecule has 7 heteroatoms. The number of anilines is 1. The second kappa shape index (κ2) is 7.42. The molecular weight excluding hydrogens is 314 g/mol. The van der Waals surface area contributed by atoms with Gasteiger partial charge in [-0.3, -0.25) is 4.79 Å². The molecule has 0 heterocycles. The van der Waals surface area contributed by atoms with E-state index in [2.05, 4.69) is 10.0 Å². The number of benzene rings is 1. The van der Waals surface area contributed by atoms with E-state index in [4.69, 9.17) is 5.73 Å². The third-order valence-corrected chi connectivity index (χ3v) is 5.84. The van der Waals surface area contributed by atoms with Gasteiger partial charge in [0.25, 0.3) is 0 Å². The maximum absolute atomic E-state index is 12.6. The first-order valence-electron chi connectivity index (χ1n) is 7.94. The number of rotatable bonds is 5. The molecular formula is C16H25N3O3S. The average molecular weight is 339 g/mol. The molecule has 0 spiro atoms. The van der Waals surface area contributed by atoms with Crippen molar-refractivity contribution in [2.45, 2.75) is 50.5 Å². The van der Waals surface area contributed by atoms with Gasteiger partial charge < -0.3 is 11.1 Å². The maximum Gasteiger partial charge on any atom is 0.240 e. The number of carbonyl (C=O) groups excluding carboxylic acids is 1. The summed E-state index contributed by atoms with van der Waals surface area (Å²) in [4.78, 5) is 11.4. The van der Waals surface area contributed by atoms with Crippen LogP contribution in [0.1, 0.15) is 38.2 Å². The van der Waals surface area contributed by atoms with Crippen molar-refractivity contribution in [3.8, 4) is 0 Å². The highest BCUT2D eigenvalue weighted by atomic mass is 32.2. The van der Waals surface area contributed by atoms with Gasteiger partial charge in [-0.05, 0) is 49.9 Å². The predicted octanol–water partition coefficient (Wildman–Crippen LogP) is 1.75. The van der Waals surface area contributed by atoms with Crippen molar-refractivity contribution in [2.24, 2.45) is 11.7 Å². The first-order valence-corrected chi connectivity index (χ1v) is 9.42. The van der Waals surface area contributed by atoms with Crippen molar-refractivity contribution in [2.75, 3.05) is 11.9 Å². The van der Waals surface area contributed by atoms with Gasteiger partial charge in [0.05, 0.1) is 4.90 Å². The van der Waals surface area contributed by atoms with Crippen molar-refractivity contribution in [1.29, 1.82) is 0 Å². The quantitative estimate of drug-likeness (QED) is 0.760. The Bertz CT molecular complexity index is 673. The topological polar surface area (TPSA) is 101 Å². The minimum Gasteiger partial charge on any atom is -0.330 e. The molecule has 2 atom stereocenters. The summed E-state index contributed by atoms with van der Waals surface area (Å²) in [5.74, 6) is -0.0510. The van der Waals surface area contributed by atoms with E-state index in [1.165, 1.54) is 13.0 Å². The van der Waals surface area contributed by atoms with E-state index < -0.39 is 10.0 Å². The molecule has 0 radical (unpaired) electrons. The van der Waals surface area contributed by atoms with Crippen LogP contribution in [-0.4, -0.2) is 26.9 Å². The number of nitrogens with two attached hydrogens (primary N) is 1. The van der Waals surface area contributed by atoms with Crippen LogP contribution < -0.4 is 15.8 Å². The molecule has 6 nitrogen and oxygen atoms in total. The van der Waals surface area contributed by atoms with Crippen molar-refractivity contribution in [3.05, 3.63) is 23.8 Å². The van der Waals surface area contributed by atoms with Gasteiger partial charge in [-0.1, -0.05) is 18.9 Å². The lowest BCUT2D eigenvalue weighted by atomic mass is 9.85. The number of nitrogens with one attached hydrogen (secondary N) is 2. The van der Waals surface area contributed by atoms with E-state index in [9.17, 15) is 13.2 Å². The Kier molecular flexibility index (Phi) is 5.78. The van der Waals surface area contributed by atoms with Crippen LogP contribution in [0, 0.1) is 12.8 Å². The largest absolute Gasteiger partial charge is 0.330 e. The van der Waals surface area contributed by atoms with E-state index in [1.54, 1.807) is 12.1 Å². The number of hydrogen-bond acceptors (Lipinski definition) is 4. The molecule has 1 aliphatic carbocycles. The SMILES string of the molecule is CC(=O)Nc1cc(S(=O)(=O)NC2CCCCC2CN)ccc1C. The Morgan fingerprint density at radius 3 is 2.65 bits per heavy atom. The van der Waals surface area contributed by atoms with Gasteiger partial charge in [-0.2, -0.15) is 0 Å². The predicted molar refractivity (Wildman–Crippen MR) is 90.6 cm³/mol. The third-order valence-electron chi connectivity index (χ3n) is 4.35. The summed E-state index contributed by atoms with van der Waals surface area (Å²) in [6.45, 7) is 3.70. The number of aryl methyl sites for hydroxylation is 1. The Morgan fingerprint density at radius 2 is 2.00 bits per heavy atom. The van der Waals surface area contributed by atoms with Crippen LogP contribution in [0.15, 0.2) is 23.1 Å². The summed E-state index contributed by atoms with van der Waals surface area (Å²) in [6.07, 6.45) is 3.87. The van der Waals surface area contributed by atoms with Gasteiger partial charge in [0, 0.05) is 18.7 Å². The summed E-state index contributed by atoms with van der Waals surface area (Å²) >= 11 is 0. The minimum atomic E-state index is -3.63. The van der Waals surface area contributed by atoms with Gasteiger partial charge >= 0.3 is 0 Å². The van der Waals surface area contributed by atoms with Crippen LogP contribution in [-0.2, 0) is 14.8 Å². The van der Waals surface area contributed by atoms with E-state index >= 15 is 0 Å². The van der Waals surface area contributed by atoms with Gasteiger partial charge in [-0.25, -0.2) is 13.1 Å². The molecule has 1 saturated carbocycles. The first kappa shape index (κ1) is 17.9. The molecule has 4 N–H and O–H groups in total. The highest BCUT2D eigenvalue weighted by Crippen LogP contribution is 2.26. The van der Waals surface area contributed by atoms with Gasteiger partial charge in [0.15, 0.2) is 0 Å². The van der Waals surface area contributed by atoms with E-state index in [0.29, 0.717) is 12.2 Å². The maximum atomic E-state index is 12.6. The van der Waals surface area contributed by atoms with Gasteiger partial charge in [-0.15, -0.1) is 0 Å². The number of sulfonamides is 1. The van der Waals surface area contributed by atoms with Crippen molar-refractivity contribution < 1.29 is 13.2 Å². The molecule has 23 heavy (non-hydrogen) atoms. The van der Waals surface area contributed by atoms with Crippen LogP contribution in [0.3, 0.4) is 0 Å². The van der Waals surface area contributed by atoms with Crippen molar-refractivity contribution >= 4 is 21.6 Å². The molecule has 0 aromatic heterocycles. The van der Waals surface area contributed by atoms with Crippen molar-refractivity contribution in [1.82, 2.24) is 4.72 Å². The molecule has 1 aromatic carbocycles. The molecule has 1 fully saturated rings. The fourth-order valence-electron chi connectivity index (χ4n) is 3.00. The number of amides is 1. The molecule has 0 saturated heterocycles. The van der Waals surface area contributed by atoms with Crippen molar-refractivity contribution in [3.63, 3.8) is 0 Å². The summed E-state index contributed by atoms with van der Waals surface area (Å²) in [5.41, 5.74) is 7.10. The normalized spacial score (nSPS) is 21.9. The Balaban J connectivity index is 2.23. The fourth-order valence-corrected chi connectivity index (χ4v) is 4.37. The molecule has 128 valence electrons. The van der Waals surface area contributed by atoms with Crippen LogP contribution in [0.2, 0.25) is 0 Å². The molecule has 1 amide bonds. The standard InChI is InChI=1S/C16H25N3O3S/c1-11-7-8-14(9-16(11)18-12(2)20)23(21,22)19-15-6-4-3-5-13(15)10-17/h7-9,13,15,19H,3-6,10,17H2,1-2H3,(H,18,20). The fraction of sp³-hybridized carbons (Fsp3) is 0.562. The molecule has 1 aromatic rings. The second-order valence-corrected chi connectivity index (χ2v) is 7.88. The summed E-state index contributed by atoms with van der Waals surface area (Å²) in [6, 6.07) is 4.63. The zero-order valence-electron chi connectivity index (χ0n) is 13.6. The van der Waals surface area contributed by atoms with E-state index in [0.717, 1.165) is 31.2 Å². The lowest BCUT2D eigenvalue weighted by Crippen LogP contribution is -2.44. The molecule has 2 unspecified atom stereocenters. The van der Waals surface area contributed by atoms with E-state index in [-0.39, 0.29) is 22.8 Å². The van der Waals surface area contributed by atoms with Gasteiger partial charge in [0.1, 0.15) is 0 Å². The highest BCUT2D eigenvalue weighted by Gasteiger charge is 2.28. The first-order chi connectivity index (χ1) is 10.8. The number of carbonyl (C=O) groups is 1. The lowest BCUT2D eigenvalue weighted by molar-refractivity contribution is -0.114. The van der Waals surface area contributed by atoms with Crippen LogP contribution in [0.5, 0.6) is 0 Å². The third kappa shape index (κ3) is 4.53. The molecule has 1 aliphatic rings. The zero-order chi connectivity index (χ0) is 17.0. The number of hydrogen-bond donors (Lipinski definition) is 3. The van der Waals surface area contributed by atoms with Crippen LogP contribution in [0.4, 0.5) is 5.69 Å². The molecule has 2 rings (SSSR count). The zero-order valence-corrected chi connectivity index (χ0v) is 14.4. The Hall–Kier alpha value is -1.44. The smallest absolute Gasteiger partial charge is 0.240 e. The Morgan fingerprint density at radius 1 is 1.30 bits per heavy atom. The van der Waals surface area contributed by atoms with Gasteiger partial charge in [0.2, 0.25) is 15.9 Å². The summed E-state index contributed by atoms with van der Waals surface area (Å²) in [7, 11) is -3.63.